The lowest BCUT2D eigenvalue weighted by Gasteiger charge is -2.10. The van der Waals surface area contributed by atoms with Gasteiger partial charge in [-0.3, -0.25) is 0 Å². The number of nitrogens with one attached hydrogen (secondary N) is 2. The predicted octanol–water partition coefficient (Wildman–Crippen LogP) is 2.42. The average Bonchev–Trinajstić information content (AvgIpc) is 2.58. The van der Waals surface area contributed by atoms with Crippen LogP contribution in [0.1, 0.15) is 16.7 Å². The van der Waals surface area contributed by atoms with Crippen molar-refractivity contribution in [3.05, 3.63) is 65.2 Å². The molecule has 7 heteroatoms. The van der Waals surface area contributed by atoms with E-state index in [2.05, 4.69) is 10.6 Å². The van der Waals surface area contributed by atoms with Crippen LogP contribution >= 0.6 is 0 Å². The number of sulfone groups is 1. The maximum absolute atomic E-state index is 11.8. The number of urea groups is 1. The third-order valence-corrected chi connectivity index (χ3v) is 4.50. The molecule has 0 radical (unpaired) electrons. The highest BCUT2D eigenvalue weighted by molar-refractivity contribution is 7.89. The van der Waals surface area contributed by atoms with E-state index in [0.717, 1.165) is 22.4 Å². The molecular formula is C19H24N2O4S. The SMILES string of the molecule is Cc1ccccc1OCCNC(=O)NCc1ccc(CS(C)(=O)=O)cc1. The van der Waals surface area contributed by atoms with E-state index in [4.69, 9.17) is 4.74 Å². The van der Waals surface area contributed by atoms with E-state index in [-0.39, 0.29) is 11.8 Å². The molecule has 0 unspecified atom stereocenters. The molecule has 0 spiro atoms. The first-order chi connectivity index (χ1) is 12.3. The zero-order valence-corrected chi connectivity index (χ0v) is 15.8. The standard InChI is InChI=1S/C19H24N2O4S/c1-15-5-3-4-6-18(15)25-12-11-20-19(22)21-13-16-7-9-17(10-8-16)14-26(2,23)24/h3-10H,11-14H2,1-2H3,(H2,20,21,22). The number of hydrogen-bond donors (Lipinski definition) is 2. The number of carbonyl (C=O) groups is 1. The molecule has 6 nitrogen and oxygen atoms in total. The van der Waals surface area contributed by atoms with Crippen molar-refractivity contribution in [3.63, 3.8) is 0 Å². The van der Waals surface area contributed by atoms with Crippen LogP contribution in [0.5, 0.6) is 5.75 Å². The molecule has 0 bridgehead atoms. The van der Waals surface area contributed by atoms with Crippen molar-refractivity contribution in [2.75, 3.05) is 19.4 Å². The molecule has 2 amide bonds. The summed E-state index contributed by atoms with van der Waals surface area (Å²) >= 11 is 0. The van der Waals surface area contributed by atoms with Crippen LogP contribution in [0.4, 0.5) is 4.79 Å². The topological polar surface area (TPSA) is 84.5 Å². The normalized spacial score (nSPS) is 11.0. The van der Waals surface area contributed by atoms with Crippen LogP contribution in [0.15, 0.2) is 48.5 Å². The monoisotopic (exact) mass is 376 g/mol. The van der Waals surface area contributed by atoms with Crippen molar-refractivity contribution in [1.82, 2.24) is 10.6 Å². The summed E-state index contributed by atoms with van der Waals surface area (Å²) in [5, 5.41) is 5.48. The Morgan fingerprint density at radius 1 is 1.00 bits per heavy atom. The van der Waals surface area contributed by atoms with Gasteiger partial charge in [0.05, 0.1) is 12.3 Å². The first-order valence-corrected chi connectivity index (χ1v) is 10.4. The Morgan fingerprint density at radius 2 is 1.65 bits per heavy atom. The largest absolute Gasteiger partial charge is 0.491 e. The van der Waals surface area contributed by atoms with Crippen LogP contribution < -0.4 is 15.4 Å². The zero-order valence-electron chi connectivity index (χ0n) is 15.0. The molecule has 0 heterocycles. The van der Waals surface area contributed by atoms with Gasteiger partial charge in [0.15, 0.2) is 9.84 Å². The molecule has 2 aromatic carbocycles. The van der Waals surface area contributed by atoms with E-state index < -0.39 is 9.84 Å². The minimum Gasteiger partial charge on any atom is -0.491 e. The number of rotatable bonds is 8. The number of aryl methyl sites for hydroxylation is 1. The van der Waals surface area contributed by atoms with Crippen LogP contribution in [0.3, 0.4) is 0 Å². The number of benzene rings is 2. The van der Waals surface area contributed by atoms with Gasteiger partial charge in [-0.05, 0) is 29.7 Å². The first-order valence-electron chi connectivity index (χ1n) is 8.29. The Labute approximate surface area is 154 Å². The highest BCUT2D eigenvalue weighted by Crippen LogP contribution is 2.15. The second-order valence-electron chi connectivity index (χ2n) is 6.11. The minimum atomic E-state index is -3.04. The van der Waals surface area contributed by atoms with Crippen LogP contribution in [-0.2, 0) is 22.1 Å². The Hall–Kier alpha value is -2.54. The fourth-order valence-corrected chi connectivity index (χ4v) is 3.14. The summed E-state index contributed by atoms with van der Waals surface area (Å²) in [5.74, 6) is 0.825. The van der Waals surface area contributed by atoms with E-state index in [9.17, 15) is 13.2 Å². The van der Waals surface area contributed by atoms with Gasteiger partial charge in [0.2, 0.25) is 0 Å². The molecule has 0 aliphatic carbocycles. The van der Waals surface area contributed by atoms with E-state index >= 15 is 0 Å². The molecule has 26 heavy (non-hydrogen) atoms. The third kappa shape index (κ3) is 7.14. The number of amides is 2. The average molecular weight is 376 g/mol. The van der Waals surface area contributed by atoms with Crippen molar-refractivity contribution < 1.29 is 17.9 Å². The number of ether oxygens (including phenoxy) is 1. The first kappa shape index (κ1) is 19.8. The fourth-order valence-electron chi connectivity index (χ4n) is 2.34. The maximum Gasteiger partial charge on any atom is 0.315 e. The smallest absolute Gasteiger partial charge is 0.315 e. The van der Waals surface area contributed by atoms with Gasteiger partial charge in [0.1, 0.15) is 12.4 Å². The van der Waals surface area contributed by atoms with Gasteiger partial charge in [-0.2, -0.15) is 0 Å². The van der Waals surface area contributed by atoms with Gasteiger partial charge in [-0.25, -0.2) is 13.2 Å². The van der Waals surface area contributed by atoms with E-state index in [0.29, 0.717) is 19.7 Å². The Bertz CT molecular complexity index is 833. The molecule has 0 fully saturated rings. The molecular weight excluding hydrogens is 352 g/mol. The highest BCUT2D eigenvalue weighted by atomic mass is 32.2. The summed E-state index contributed by atoms with van der Waals surface area (Å²) < 4.78 is 28.1. The Kier molecular flexibility index (Phi) is 7.03. The maximum atomic E-state index is 11.8. The molecule has 0 aliphatic rings. The number of carbonyl (C=O) groups excluding carboxylic acids is 1. The summed E-state index contributed by atoms with van der Waals surface area (Å²) in [6.45, 7) is 3.12. The van der Waals surface area contributed by atoms with Gasteiger partial charge < -0.3 is 15.4 Å². The second-order valence-corrected chi connectivity index (χ2v) is 8.25. The van der Waals surface area contributed by atoms with Gasteiger partial charge in [-0.15, -0.1) is 0 Å². The summed E-state index contributed by atoms with van der Waals surface area (Å²) in [6, 6.07) is 14.6. The van der Waals surface area contributed by atoms with E-state index in [1.54, 1.807) is 12.1 Å². The molecule has 2 aromatic rings. The summed E-state index contributed by atoms with van der Waals surface area (Å²) in [5.41, 5.74) is 2.68. The van der Waals surface area contributed by atoms with Gasteiger partial charge in [-0.1, -0.05) is 42.5 Å². The summed E-state index contributed by atoms with van der Waals surface area (Å²) in [7, 11) is -3.04. The van der Waals surface area contributed by atoms with Crippen LogP contribution in [-0.4, -0.2) is 33.9 Å². The molecule has 0 saturated heterocycles. The molecule has 0 saturated carbocycles. The predicted molar refractivity (Wildman–Crippen MR) is 102 cm³/mol. The van der Waals surface area contributed by atoms with Crippen LogP contribution in [0.2, 0.25) is 0 Å². The highest BCUT2D eigenvalue weighted by Gasteiger charge is 2.05. The Balaban J connectivity index is 1.68. The van der Waals surface area contributed by atoms with E-state index in [1.165, 1.54) is 6.26 Å². The third-order valence-electron chi connectivity index (χ3n) is 3.64. The molecule has 2 N–H and O–H groups in total. The number of para-hydroxylation sites is 1. The van der Waals surface area contributed by atoms with Crippen molar-refractivity contribution in [3.8, 4) is 5.75 Å². The lowest BCUT2D eigenvalue weighted by atomic mass is 10.1. The zero-order chi connectivity index (χ0) is 19.0. The summed E-state index contributed by atoms with van der Waals surface area (Å²) in [6.07, 6.45) is 1.20. The van der Waals surface area contributed by atoms with Crippen molar-refractivity contribution in [2.24, 2.45) is 0 Å². The second kappa shape index (κ2) is 9.24. The quantitative estimate of drug-likeness (QED) is 0.693. The van der Waals surface area contributed by atoms with Gasteiger partial charge in [0, 0.05) is 12.8 Å². The lowest BCUT2D eigenvalue weighted by molar-refractivity contribution is 0.236. The lowest BCUT2D eigenvalue weighted by Crippen LogP contribution is -2.37. The van der Waals surface area contributed by atoms with Gasteiger partial charge >= 0.3 is 6.03 Å². The van der Waals surface area contributed by atoms with Crippen molar-refractivity contribution in [2.45, 2.75) is 19.2 Å². The molecule has 140 valence electrons. The number of hydrogen-bond acceptors (Lipinski definition) is 4. The Morgan fingerprint density at radius 3 is 2.31 bits per heavy atom. The van der Waals surface area contributed by atoms with Crippen molar-refractivity contribution in [1.29, 1.82) is 0 Å². The van der Waals surface area contributed by atoms with Gasteiger partial charge in [0.25, 0.3) is 0 Å². The fraction of sp³-hybridized carbons (Fsp3) is 0.316. The molecule has 0 atom stereocenters. The summed E-state index contributed by atoms with van der Waals surface area (Å²) in [4.78, 5) is 11.8. The van der Waals surface area contributed by atoms with E-state index in [1.807, 2.05) is 43.3 Å². The van der Waals surface area contributed by atoms with Crippen LogP contribution in [0.25, 0.3) is 0 Å². The molecule has 2 rings (SSSR count). The molecule has 0 aromatic heterocycles. The minimum absolute atomic E-state index is 0.0160. The molecule has 0 aliphatic heterocycles. The van der Waals surface area contributed by atoms with Crippen molar-refractivity contribution >= 4 is 15.9 Å². The van der Waals surface area contributed by atoms with Crippen LogP contribution in [0, 0.1) is 6.92 Å².